The molecule has 3 heteroatoms. The van der Waals surface area contributed by atoms with E-state index in [9.17, 15) is 0 Å². The zero-order chi connectivity index (χ0) is 8.39. The Kier molecular flexibility index (Phi) is 1.87. The van der Waals surface area contributed by atoms with Crippen molar-refractivity contribution in [3.8, 4) is 11.3 Å². The van der Waals surface area contributed by atoms with Crippen LogP contribution in [-0.2, 0) is 0 Å². The number of aromatic nitrogens is 2. The topological polar surface area (TPSA) is 25.8 Å². The van der Waals surface area contributed by atoms with Gasteiger partial charge >= 0.3 is 0 Å². The quantitative estimate of drug-likeness (QED) is 0.665. The second-order valence-corrected chi connectivity index (χ2v) is 3.06. The lowest BCUT2D eigenvalue weighted by atomic mass is 10.1. The van der Waals surface area contributed by atoms with Crippen LogP contribution in [0.15, 0.2) is 29.6 Å². The summed E-state index contributed by atoms with van der Waals surface area (Å²) < 4.78 is 3.80. The van der Waals surface area contributed by atoms with Crippen LogP contribution in [0.4, 0.5) is 0 Å². The molecule has 0 saturated carbocycles. The first-order valence-corrected chi connectivity index (χ1v) is 4.40. The van der Waals surface area contributed by atoms with E-state index >= 15 is 0 Å². The van der Waals surface area contributed by atoms with Crippen molar-refractivity contribution < 1.29 is 0 Å². The number of hydrogen-bond acceptors (Lipinski definition) is 3. The van der Waals surface area contributed by atoms with Gasteiger partial charge in [0.1, 0.15) is 5.69 Å². The lowest BCUT2D eigenvalue weighted by Gasteiger charge is -1.98. The van der Waals surface area contributed by atoms with E-state index in [2.05, 4.69) is 16.5 Å². The number of nitrogens with zero attached hydrogens (tertiary/aromatic N) is 2. The summed E-state index contributed by atoms with van der Waals surface area (Å²) >= 11 is 1.35. The summed E-state index contributed by atoms with van der Waals surface area (Å²) in [4.78, 5) is 0. The molecular weight excluding hydrogens is 168 g/mol. The van der Waals surface area contributed by atoms with Crippen molar-refractivity contribution in [3.05, 3.63) is 42.1 Å². The molecule has 0 spiro atoms. The maximum absolute atomic E-state index is 3.98. The smallest absolute Gasteiger partial charge is 0.106 e. The Balaban J connectivity index is 2.55. The molecular formula is C9H7N2S. The molecule has 12 heavy (non-hydrogen) atoms. The standard InChI is InChI=1S/C9H7N2S/c1-7-4-2-3-5-8(7)9-6-12-11-10-9/h2-6H,1H2. The van der Waals surface area contributed by atoms with Gasteiger partial charge < -0.3 is 0 Å². The lowest BCUT2D eigenvalue weighted by Crippen LogP contribution is -1.81. The average molecular weight is 175 g/mol. The molecule has 0 aliphatic rings. The molecule has 59 valence electrons. The second-order valence-electron chi connectivity index (χ2n) is 2.45. The minimum absolute atomic E-state index is 0.908. The van der Waals surface area contributed by atoms with Crippen LogP contribution in [0.2, 0.25) is 0 Å². The van der Waals surface area contributed by atoms with Crippen LogP contribution in [-0.4, -0.2) is 9.59 Å². The second kappa shape index (κ2) is 3.03. The van der Waals surface area contributed by atoms with Crippen LogP contribution >= 0.6 is 11.5 Å². The third-order valence-corrected chi connectivity index (χ3v) is 2.16. The van der Waals surface area contributed by atoms with Gasteiger partial charge in [-0.25, -0.2) is 0 Å². The molecule has 0 N–H and O–H groups in total. The van der Waals surface area contributed by atoms with Gasteiger partial charge in [0.2, 0.25) is 0 Å². The van der Waals surface area contributed by atoms with Crippen LogP contribution in [0.25, 0.3) is 11.3 Å². The molecule has 2 nitrogen and oxygen atoms in total. The molecule has 0 amide bonds. The average Bonchev–Trinajstić information content (AvgIpc) is 2.57. The Hall–Kier alpha value is -1.22. The van der Waals surface area contributed by atoms with Crippen molar-refractivity contribution in [1.29, 1.82) is 0 Å². The minimum Gasteiger partial charge on any atom is -0.138 e. The number of rotatable bonds is 1. The van der Waals surface area contributed by atoms with E-state index in [1.807, 2.05) is 29.6 Å². The summed E-state index contributed by atoms with van der Waals surface area (Å²) in [5.41, 5.74) is 2.96. The van der Waals surface area contributed by atoms with Gasteiger partial charge in [-0.1, -0.05) is 28.8 Å². The summed E-state index contributed by atoms with van der Waals surface area (Å²) in [5.74, 6) is 0. The summed E-state index contributed by atoms with van der Waals surface area (Å²) in [6.07, 6.45) is 0. The molecule has 0 unspecified atom stereocenters. The third-order valence-electron chi connectivity index (χ3n) is 1.65. The molecule has 1 aromatic heterocycles. The monoisotopic (exact) mass is 175 g/mol. The molecule has 1 radical (unpaired) electrons. The summed E-state index contributed by atoms with van der Waals surface area (Å²) in [6, 6.07) is 7.91. The van der Waals surface area contributed by atoms with Crippen LogP contribution in [0.3, 0.4) is 0 Å². The van der Waals surface area contributed by atoms with E-state index < -0.39 is 0 Å². The molecule has 0 aliphatic carbocycles. The van der Waals surface area contributed by atoms with Crippen LogP contribution in [0, 0.1) is 6.92 Å². The molecule has 0 saturated heterocycles. The lowest BCUT2D eigenvalue weighted by molar-refractivity contribution is 1.16. The van der Waals surface area contributed by atoms with Crippen molar-refractivity contribution in [2.45, 2.75) is 0 Å². The highest BCUT2D eigenvalue weighted by atomic mass is 32.1. The van der Waals surface area contributed by atoms with Crippen molar-refractivity contribution >= 4 is 11.5 Å². The molecule has 1 aromatic carbocycles. The van der Waals surface area contributed by atoms with E-state index in [0.29, 0.717) is 0 Å². The van der Waals surface area contributed by atoms with E-state index in [1.165, 1.54) is 11.5 Å². The minimum atomic E-state index is 0.908. The maximum Gasteiger partial charge on any atom is 0.106 e. The molecule has 0 aliphatic heterocycles. The SMILES string of the molecule is [CH2]c1ccccc1-c1csnn1. The number of benzene rings is 1. The first-order valence-electron chi connectivity index (χ1n) is 3.56. The Labute approximate surface area is 75.0 Å². The fraction of sp³-hybridized carbons (Fsp3) is 0. The normalized spacial score (nSPS) is 10.1. The van der Waals surface area contributed by atoms with Gasteiger partial charge in [0, 0.05) is 10.9 Å². The fourth-order valence-corrected chi connectivity index (χ4v) is 1.51. The predicted octanol–water partition coefficient (Wildman–Crippen LogP) is 2.39. The Morgan fingerprint density at radius 1 is 1.25 bits per heavy atom. The zero-order valence-electron chi connectivity index (χ0n) is 6.40. The highest BCUT2D eigenvalue weighted by molar-refractivity contribution is 7.03. The van der Waals surface area contributed by atoms with Gasteiger partial charge in [0.15, 0.2) is 0 Å². The van der Waals surface area contributed by atoms with Gasteiger partial charge in [0.05, 0.1) is 0 Å². The summed E-state index contributed by atoms with van der Waals surface area (Å²) in [6.45, 7) is 3.91. The van der Waals surface area contributed by atoms with Crippen LogP contribution in [0.1, 0.15) is 5.56 Å². The Morgan fingerprint density at radius 2 is 2.08 bits per heavy atom. The maximum atomic E-state index is 3.98. The highest BCUT2D eigenvalue weighted by Crippen LogP contribution is 2.20. The molecule has 1 heterocycles. The van der Waals surface area contributed by atoms with Gasteiger partial charge in [-0.2, -0.15) is 0 Å². The molecule has 0 fully saturated rings. The van der Waals surface area contributed by atoms with E-state index in [4.69, 9.17) is 0 Å². The Bertz CT molecular complexity index is 368. The Morgan fingerprint density at radius 3 is 2.75 bits per heavy atom. The fourth-order valence-electron chi connectivity index (χ4n) is 1.05. The highest BCUT2D eigenvalue weighted by Gasteiger charge is 2.02. The number of hydrogen-bond donors (Lipinski definition) is 0. The molecule has 2 aromatic rings. The largest absolute Gasteiger partial charge is 0.138 e. The molecule has 0 atom stereocenters. The third kappa shape index (κ3) is 1.23. The van der Waals surface area contributed by atoms with Crippen molar-refractivity contribution in [1.82, 2.24) is 9.59 Å². The van der Waals surface area contributed by atoms with Gasteiger partial charge in [-0.15, -0.1) is 5.10 Å². The van der Waals surface area contributed by atoms with Crippen LogP contribution < -0.4 is 0 Å². The molecule has 0 bridgehead atoms. The first-order chi connectivity index (χ1) is 5.88. The zero-order valence-corrected chi connectivity index (χ0v) is 7.21. The summed E-state index contributed by atoms with van der Waals surface area (Å²) in [5, 5.41) is 5.90. The van der Waals surface area contributed by atoms with Gasteiger partial charge in [0.25, 0.3) is 0 Å². The summed E-state index contributed by atoms with van der Waals surface area (Å²) in [7, 11) is 0. The van der Waals surface area contributed by atoms with Crippen molar-refractivity contribution in [3.63, 3.8) is 0 Å². The van der Waals surface area contributed by atoms with Crippen LogP contribution in [0.5, 0.6) is 0 Å². The van der Waals surface area contributed by atoms with E-state index in [0.717, 1.165) is 16.8 Å². The molecule has 2 rings (SSSR count). The van der Waals surface area contributed by atoms with Gasteiger partial charge in [-0.3, -0.25) is 0 Å². The predicted molar refractivity (Wildman–Crippen MR) is 49.8 cm³/mol. The van der Waals surface area contributed by atoms with E-state index in [-0.39, 0.29) is 0 Å². The van der Waals surface area contributed by atoms with Crippen molar-refractivity contribution in [2.75, 3.05) is 0 Å². The first kappa shape index (κ1) is 7.43. The van der Waals surface area contributed by atoms with E-state index in [1.54, 1.807) is 0 Å². The van der Waals surface area contributed by atoms with Gasteiger partial charge in [-0.05, 0) is 24.0 Å². The van der Waals surface area contributed by atoms with Crippen molar-refractivity contribution in [2.24, 2.45) is 0 Å².